The van der Waals surface area contributed by atoms with Crippen LogP contribution in [0.25, 0.3) is 5.78 Å². The van der Waals surface area contributed by atoms with E-state index in [1.807, 2.05) is 19.0 Å². The number of fused-ring (bicyclic) bond motifs is 1. The molecule has 0 unspecified atom stereocenters. The van der Waals surface area contributed by atoms with Gasteiger partial charge in [0.25, 0.3) is 11.6 Å². The monoisotopic (exact) mass is 221 g/mol. The van der Waals surface area contributed by atoms with Gasteiger partial charge in [-0.15, -0.1) is 5.10 Å². The van der Waals surface area contributed by atoms with Crippen molar-refractivity contribution in [3.63, 3.8) is 0 Å². The number of hydrogen-bond acceptors (Lipinski definition) is 5. The van der Waals surface area contributed by atoms with Crippen LogP contribution in [-0.4, -0.2) is 49.7 Å². The van der Waals surface area contributed by atoms with Gasteiger partial charge in [0.05, 0.1) is 0 Å². The standard InChI is InChI=1S/C9H11N5O2/c1-13(2)4-6-3-10-9-11-7(8(15)16)12-14(9)5-6/h3,5H,4H2,1-2H3,(H,15,16). The lowest BCUT2D eigenvalue weighted by Crippen LogP contribution is -2.11. The predicted octanol–water partition coefficient (Wildman–Crippen LogP) is -0.116. The number of carboxylic acid groups (broad SMARTS) is 1. The third kappa shape index (κ3) is 1.98. The first-order valence-electron chi connectivity index (χ1n) is 4.65. The molecule has 16 heavy (non-hydrogen) atoms. The van der Waals surface area contributed by atoms with Crippen LogP contribution >= 0.6 is 0 Å². The Morgan fingerprint density at radius 2 is 2.31 bits per heavy atom. The maximum absolute atomic E-state index is 10.7. The minimum Gasteiger partial charge on any atom is -0.475 e. The largest absolute Gasteiger partial charge is 0.475 e. The van der Waals surface area contributed by atoms with Crippen molar-refractivity contribution in [2.75, 3.05) is 14.1 Å². The highest BCUT2D eigenvalue weighted by molar-refractivity contribution is 5.83. The molecule has 0 amide bonds. The number of hydrogen-bond donors (Lipinski definition) is 1. The number of aromatic carboxylic acids is 1. The Kier molecular flexibility index (Phi) is 2.53. The fourth-order valence-electron chi connectivity index (χ4n) is 1.36. The normalized spacial score (nSPS) is 11.2. The summed E-state index contributed by atoms with van der Waals surface area (Å²) in [6.45, 7) is 0.713. The van der Waals surface area contributed by atoms with Crippen molar-refractivity contribution in [3.8, 4) is 0 Å². The average molecular weight is 221 g/mol. The Morgan fingerprint density at radius 1 is 1.56 bits per heavy atom. The zero-order valence-electron chi connectivity index (χ0n) is 8.95. The molecule has 2 rings (SSSR count). The van der Waals surface area contributed by atoms with Gasteiger partial charge in [0.1, 0.15) is 0 Å². The van der Waals surface area contributed by atoms with E-state index in [4.69, 9.17) is 5.11 Å². The second-order valence-corrected chi connectivity index (χ2v) is 3.69. The van der Waals surface area contributed by atoms with Crippen LogP contribution in [0.5, 0.6) is 0 Å². The van der Waals surface area contributed by atoms with Crippen molar-refractivity contribution in [3.05, 3.63) is 23.8 Å². The molecule has 2 heterocycles. The Labute approximate surface area is 91.4 Å². The van der Waals surface area contributed by atoms with Crippen molar-refractivity contribution < 1.29 is 9.90 Å². The quantitative estimate of drug-likeness (QED) is 0.778. The molecular formula is C9H11N5O2. The fraction of sp³-hybridized carbons (Fsp3) is 0.333. The van der Waals surface area contributed by atoms with Gasteiger partial charge in [-0.1, -0.05) is 0 Å². The topological polar surface area (TPSA) is 83.6 Å². The van der Waals surface area contributed by atoms with Crippen LogP contribution in [-0.2, 0) is 6.54 Å². The van der Waals surface area contributed by atoms with Crippen molar-refractivity contribution in [2.45, 2.75) is 6.54 Å². The lowest BCUT2D eigenvalue weighted by atomic mass is 10.3. The molecule has 84 valence electrons. The number of carboxylic acids is 1. The van der Waals surface area contributed by atoms with Gasteiger partial charge in [-0.05, 0) is 14.1 Å². The fourth-order valence-corrected chi connectivity index (χ4v) is 1.36. The van der Waals surface area contributed by atoms with Gasteiger partial charge in [-0.3, -0.25) is 0 Å². The molecule has 0 aliphatic carbocycles. The summed E-state index contributed by atoms with van der Waals surface area (Å²) in [7, 11) is 3.88. The molecule has 0 aliphatic rings. The van der Waals surface area contributed by atoms with E-state index in [0.717, 1.165) is 5.56 Å². The molecule has 0 radical (unpaired) electrons. The predicted molar refractivity (Wildman–Crippen MR) is 55.1 cm³/mol. The van der Waals surface area contributed by atoms with E-state index in [9.17, 15) is 4.79 Å². The first kappa shape index (κ1) is 10.5. The summed E-state index contributed by atoms with van der Waals surface area (Å²) < 4.78 is 1.38. The van der Waals surface area contributed by atoms with E-state index in [-0.39, 0.29) is 5.82 Å². The van der Waals surface area contributed by atoms with Gasteiger partial charge in [-0.2, -0.15) is 4.98 Å². The van der Waals surface area contributed by atoms with Crippen LogP contribution in [0, 0.1) is 0 Å². The van der Waals surface area contributed by atoms with E-state index in [1.165, 1.54) is 4.52 Å². The number of carbonyl (C=O) groups is 1. The van der Waals surface area contributed by atoms with Crippen LogP contribution in [0.1, 0.15) is 16.2 Å². The van der Waals surface area contributed by atoms with E-state index < -0.39 is 5.97 Å². The van der Waals surface area contributed by atoms with Crippen molar-refractivity contribution in [1.29, 1.82) is 0 Å². The van der Waals surface area contributed by atoms with E-state index in [1.54, 1.807) is 12.4 Å². The zero-order chi connectivity index (χ0) is 11.7. The van der Waals surface area contributed by atoms with Gasteiger partial charge in [-0.25, -0.2) is 14.3 Å². The molecule has 0 atom stereocenters. The first-order chi connectivity index (χ1) is 7.56. The van der Waals surface area contributed by atoms with Crippen LogP contribution in [0.4, 0.5) is 0 Å². The summed E-state index contributed by atoms with van der Waals surface area (Å²) >= 11 is 0. The van der Waals surface area contributed by atoms with Crippen molar-refractivity contribution in [2.24, 2.45) is 0 Å². The summed E-state index contributed by atoms with van der Waals surface area (Å²) in [4.78, 5) is 20.4. The van der Waals surface area contributed by atoms with E-state index >= 15 is 0 Å². The molecule has 0 saturated heterocycles. The minimum absolute atomic E-state index is 0.241. The Bertz CT molecular complexity index is 534. The average Bonchev–Trinajstić information content (AvgIpc) is 2.59. The minimum atomic E-state index is -1.15. The molecule has 0 bridgehead atoms. The second kappa shape index (κ2) is 3.86. The van der Waals surface area contributed by atoms with Crippen LogP contribution in [0.2, 0.25) is 0 Å². The number of aromatic nitrogens is 4. The van der Waals surface area contributed by atoms with Crippen LogP contribution in [0.3, 0.4) is 0 Å². The lowest BCUT2D eigenvalue weighted by Gasteiger charge is -2.08. The molecule has 0 aromatic carbocycles. The Hall–Kier alpha value is -2.02. The SMILES string of the molecule is CN(C)Cc1cnc2nc(C(=O)O)nn2c1. The summed E-state index contributed by atoms with van der Waals surface area (Å²) in [6.07, 6.45) is 3.39. The van der Waals surface area contributed by atoms with Crippen molar-refractivity contribution >= 4 is 11.7 Å². The van der Waals surface area contributed by atoms with Gasteiger partial charge in [0.2, 0.25) is 0 Å². The molecule has 2 aromatic heterocycles. The summed E-state index contributed by atoms with van der Waals surface area (Å²) in [5.41, 5.74) is 0.944. The Morgan fingerprint density at radius 3 is 2.94 bits per heavy atom. The third-order valence-electron chi connectivity index (χ3n) is 1.94. The molecule has 2 aromatic rings. The molecule has 1 N–H and O–H groups in total. The third-order valence-corrected chi connectivity index (χ3v) is 1.94. The zero-order valence-corrected chi connectivity index (χ0v) is 8.95. The van der Waals surface area contributed by atoms with Gasteiger partial charge in [0, 0.05) is 24.5 Å². The molecule has 0 saturated carbocycles. The number of nitrogens with zero attached hydrogens (tertiary/aromatic N) is 5. The van der Waals surface area contributed by atoms with Crippen molar-refractivity contribution in [1.82, 2.24) is 24.5 Å². The molecule has 0 aliphatic heterocycles. The van der Waals surface area contributed by atoms with Crippen LogP contribution in [0.15, 0.2) is 12.4 Å². The van der Waals surface area contributed by atoms with Gasteiger partial charge < -0.3 is 10.0 Å². The first-order valence-corrected chi connectivity index (χ1v) is 4.65. The van der Waals surface area contributed by atoms with Crippen LogP contribution < -0.4 is 0 Å². The number of rotatable bonds is 3. The van der Waals surface area contributed by atoms with E-state index in [2.05, 4.69) is 15.1 Å². The molecule has 0 fully saturated rings. The van der Waals surface area contributed by atoms with E-state index in [0.29, 0.717) is 12.3 Å². The molecule has 0 spiro atoms. The van der Waals surface area contributed by atoms with Gasteiger partial charge >= 0.3 is 5.97 Å². The molecule has 7 heteroatoms. The lowest BCUT2D eigenvalue weighted by molar-refractivity contribution is 0.0684. The maximum atomic E-state index is 10.7. The summed E-state index contributed by atoms with van der Waals surface area (Å²) in [6, 6.07) is 0. The summed E-state index contributed by atoms with van der Waals surface area (Å²) in [5.74, 6) is -1.10. The highest BCUT2D eigenvalue weighted by Crippen LogP contribution is 2.03. The Balaban J connectivity index is 2.41. The summed E-state index contributed by atoms with van der Waals surface area (Å²) in [5, 5.41) is 12.5. The molecular weight excluding hydrogens is 210 g/mol. The smallest absolute Gasteiger partial charge is 0.375 e. The second-order valence-electron chi connectivity index (χ2n) is 3.69. The molecule has 7 nitrogen and oxygen atoms in total. The van der Waals surface area contributed by atoms with Gasteiger partial charge in [0.15, 0.2) is 0 Å². The highest BCUT2D eigenvalue weighted by Gasteiger charge is 2.11. The highest BCUT2D eigenvalue weighted by atomic mass is 16.4. The maximum Gasteiger partial charge on any atom is 0.375 e.